The van der Waals surface area contributed by atoms with Crippen LogP contribution in [0.5, 0.6) is 11.5 Å². The van der Waals surface area contributed by atoms with E-state index >= 15 is 0 Å². The Balaban J connectivity index is 0.00000624. The molecule has 0 spiro atoms. The summed E-state index contributed by atoms with van der Waals surface area (Å²) in [6.07, 6.45) is 1.64. The summed E-state index contributed by atoms with van der Waals surface area (Å²) in [4.78, 5) is 8.01. The van der Waals surface area contributed by atoms with E-state index in [0.717, 1.165) is 5.56 Å². The zero-order valence-electron chi connectivity index (χ0n) is 44.1. The Morgan fingerprint density at radius 1 is 0.695 bits per heavy atom. The number of benzene rings is 7. The van der Waals surface area contributed by atoms with Crippen LogP contribution in [0.2, 0.25) is 0 Å². The number of para-hydroxylation sites is 3. The van der Waals surface area contributed by atoms with E-state index in [2.05, 4.69) is 17.1 Å². The Morgan fingerprint density at radius 2 is 1.37 bits per heavy atom. The van der Waals surface area contributed by atoms with Crippen molar-refractivity contribution in [2.45, 2.75) is 33.0 Å². The largest absolute Gasteiger partial charge is 0.509 e. The van der Waals surface area contributed by atoms with E-state index in [4.69, 9.17) is 17.1 Å². The van der Waals surface area contributed by atoms with Crippen molar-refractivity contribution in [1.82, 2.24) is 9.55 Å². The molecule has 0 N–H and O–H groups in total. The van der Waals surface area contributed by atoms with Gasteiger partial charge < -0.3 is 19.1 Å². The number of anilines is 4. The normalized spacial score (nSPS) is 15.6. The number of rotatable bonds is 7. The van der Waals surface area contributed by atoms with Crippen molar-refractivity contribution in [2.24, 2.45) is 0 Å². The fraction of sp³-hybridized carbons (Fsp3) is 0.0943. The summed E-state index contributed by atoms with van der Waals surface area (Å²) in [5, 5.41) is 0.706. The van der Waals surface area contributed by atoms with E-state index < -0.39 is 36.6 Å². The molecule has 7 aromatic carbocycles. The van der Waals surface area contributed by atoms with Crippen molar-refractivity contribution in [3.05, 3.63) is 200 Å². The maximum atomic E-state index is 9.51. The molecule has 5 nitrogen and oxygen atoms in total. The molecule has 0 amide bonds. The van der Waals surface area contributed by atoms with E-state index in [1.54, 1.807) is 106 Å². The van der Waals surface area contributed by atoms with Gasteiger partial charge in [-0.1, -0.05) is 117 Å². The van der Waals surface area contributed by atoms with Crippen molar-refractivity contribution in [1.29, 1.82) is 0 Å². The molecule has 0 saturated carbocycles. The van der Waals surface area contributed by atoms with Crippen LogP contribution < -0.4 is 14.5 Å². The van der Waals surface area contributed by atoms with Gasteiger partial charge in [-0.15, -0.1) is 48.0 Å². The molecular weight excluding hydrogens is 904 g/mol. The van der Waals surface area contributed by atoms with Gasteiger partial charge in [0.25, 0.3) is 0 Å². The van der Waals surface area contributed by atoms with Crippen molar-refractivity contribution < 1.29 is 42.3 Å². The minimum absolute atomic E-state index is 0. The zero-order chi connectivity index (χ0) is 49.7. The SMILES string of the molecule is [2H]c1c(Oc2[c-]c3c(cc2)c2c([2H])c([2H])c([2H])c([2H])c2n3-c2cc(C(C)(C)C)ccn2)[c-]c(N2[CH-]N(c3c(-c4ccccc4)c([2H])c(C([2H])([2H])[2H])c([2H])c3-c3ccccc3)c3ccccc32)c([2H])c1[2H].[Pt]. The molecule has 6 heteroatoms. The Morgan fingerprint density at radius 3 is 2.07 bits per heavy atom. The number of hydrogen-bond donors (Lipinski definition) is 0. The maximum Gasteiger partial charge on any atom is 0.135 e. The van der Waals surface area contributed by atoms with Crippen molar-refractivity contribution >= 4 is 44.6 Å². The molecule has 0 saturated heterocycles. The van der Waals surface area contributed by atoms with Gasteiger partial charge in [0, 0.05) is 77.9 Å². The third-order valence-corrected chi connectivity index (χ3v) is 10.1. The third-order valence-electron chi connectivity index (χ3n) is 10.1. The van der Waals surface area contributed by atoms with Crippen molar-refractivity contribution in [3.63, 3.8) is 0 Å². The molecule has 0 aliphatic carbocycles. The fourth-order valence-electron chi connectivity index (χ4n) is 7.38. The molecule has 292 valence electrons. The Kier molecular flexibility index (Phi) is 6.93. The zero-order valence-corrected chi connectivity index (χ0v) is 34.3. The van der Waals surface area contributed by atoms with Gasteiger partial charge >= 0.3 is 0 Å². The van der Waals surface area contributed by atoms with Crippen LogP contribution in [0, 0.1) is 25.7 Å². The number of hydrogen-bond acceptors (Lipinski definition) is 4. The molecule has 1 aliphatic heterocycles. The van der Waals surface area contributed by atoms with E-state index in [0.29, 0.717) is 44.9 Å². The molecule has 10 rings (SSSR count). The van der Waals surface area contributed by atoms with Gasteiger partial charge in [0.05, 0.1) is 8.22 Å². The molecule has 0 radical (unpaired) electrons. The second kappa shape index (κ2) is 15.4. The first-order valence-corrected chi connectivity index (χ1v) is 18.7. The average molecular weight is 957 g/mol. The summed E-state index contributed by atoms with van der Waals surface area (Å²) in [5.74, 6) is 0.212. The molecule has 9 aromatic rings. The second-order valence-corrected chi connectivity index (χ2v) is 14.9. The minimum Gasteiger partial charge on any atom is -0.509 e. The summed E-state index contributed by atoms with van der Waals surface area (Å²) in [6.45, 7) is 4.97. The number of aromatic nitrogens is 2. The molecule has 0 bridgehead atoms. The fourth-order valence-corrected chi connectivity index (χ4v) is 7.38. The monoisotopic (exact) mass is 956 g/mol. The quantitative estimate of drug-likeness (QED) is 0.149. The van der Waals surface area contributed by atoms with E-state index in [1.165, 1.54) is 0 Å². The van der Waals surface area contributed by atoms with Crippen LogP contribution in [0.25, 0.3) is 49.9 Å². The van der Waals surface area contributed by atoms with E-state index in [1.807, 2.05) is 51.1 Å². The summed E-state index contributed by atoms with van der Waals surface area (Å²) in [5.41, 5.74) is 3.74. The molecule has 0 atom stereocenters. The van der Waals surface area contributed by atoms with Crippen molar-refractivity contribution in [3.8, 4) is 39.6 Å². The predicted molar refractivity (Wildman–Crippen MR) is 239 cm³/mol. The summed E-state index contributed by atoms with van der Waals surface area (Å²) < 4.78 is 115. The van der Waals surface area contributed by atoms with Crippen LogP contribution in [-0.4, -0.2) is 9.55 Å². The van der Waals surface area contributed by atoms with E-state index in [-0.39, 0.29) is 95.9 Å². The van der Waals surface area contributed by atoms with Crippen molar-refractivity contribution in [2.75, 3.05) is 9.80 Å². The molecule has 0 unspecified atom stereocenters. The summed E-state index contributed by atoms with van der Waals surface area (Å²) in [7, 11) is 0. The topological polar surface area (TPSA) is 33.5 Å². The number of nitrogens with zero attached hydrogens (tertiary/aromatic N) is 4. The maximum absolute atomic E-state index is 9.51. The number of fused-ring (bicyclic) bond motifs is 4. The first-order valence-electron chi connectivity index (χ1n) is 24.7. The first kappa shape index (κ1) is 26.6. The third kappa shape index (κ3) is 7.00. The van der Waals surface area contributed by atoms with Crippen LogP contribution in [0.4, 0.5) is 22.7 Å². The molecule has 2 aromatic heterocycles. The number of ether oxygens (including phenoxy) is 1. The van der Waals surface area contributed by atoms with Gasteiger partial charge in [-0.2, -0.15) is 12.1 Å². The predicted octanol–water partition coefficient (Wildman–Crippen LogP) is 13.9. The standard InChI is InChI=1S/C53H41N4O.Pt/c1-36-30-45(37-16-7-5-8-17-37)52(46(31-36)38-18-9-6-10-19-38)56-35-55(48-24-13-14-25-49(48)56)40-20-15-21-41(33-40)58-42-26-27-44-43-22-11-12-23-47(43)57(50(44)34-42)51-32-39(28-29-54-51)53(2,3)4;/h5-32,35H,1-4H3;/q-3;/i1D3,11D,12D,15D,20D,21D,22D,23D,30D,31D;. The summed E-state index contributed by atoms with van der Waals surface area (Å²) >= 11 is 0. The Hall–Kier alpha value is -6.42. The van der Waals surface area contributed by atoms with Gasteiger partial charge in [-0.25, -0.2) is 4.98 Å². The summed E-state index contributed by atoms with van der Waals surface area (Å²) in [6, 6.07) is 35.1. The van der Waals surface area contributed by atoms with Crippen LogP contribution in [0.15, 0.2) is 170 Å². The molecule has 3 heterocycles. The smallest absolute Gasteiger partial charge is 0.135 e. The minimum atomic E-state index is -2.81. The van der Waals surface area contributed by atoms with Crippen LogP contribution in [0.3, 0.4) is 0 Å². The van der Waals surface area contributed by atoms with Gasteiger partial charge in [0.1, 0.15) is 5.82 Å². The number of pyridine rings is 1. The molecular formula is C53H41N4OPt-3. The Labute approximate surface area is 377 Å². The van der Waals surface area contributed by atoms with Gasteiger partial charge in [-0.05, 0) is 85.0 Å². The first-order chi connectivity index (χ1) is 33.3. The second-order valence-electron chi connectivity index (χ2n) is 14.9. The van der Waals surface area contributed by atoms with E-state index in [9.17, 15) is 4.11 Å². The van der Waals surface area contributed by atoms with Crippen LogP contribution >= 0.6 is 0 Å². The average Bonchev–Trinajstić information content (AvgIpc) is 3.89. The van der Waals surface area contributed by atoms with Gasteiger partial charge in [-0.3, -0.25) is 0 Å². The molecule has 59 heavy (non-hydrogen) atoms. The molecule has 0 fully saturated rings. The Bertz CT molecular complexity index is 3530. The van der Waals surface area contributed by atoms with Gasteiger partial charge in [0.15, 0.2) is 0 Å². The van der Waals surface area contributed by atoms with Crippen LogP contribution in [0.1, 0.15) is 48.3 Å². The van der Waals surface area contributed by atoms with Crippen LogP contribution in [-0.2, 0) is 26.5 Å². The molecule has 1 aliphatic rings. The van der Waals surface area contributed by atoms with Gasteiger partial charge in [0.2, 0.25) is 0 Å².